The van der Waals surface area contributed by atoms with Crippen LogP contribution in [0.4, 0.5) is 0 Å². The van der Waals surface area contributed by atoms with E-state index >= 15 is 0 Å². The minimum Gasteiger partial charge on any atom is -0.496 e. The van der Waals surface area contributed by atoms with E-state index < -0.39 is 9.84 Å². The Labute approximate surface area is 102 Å². The highest BCUT2D eigenvalue weighted by Gasteiger charge is 2.33. The molecule has 0 bridgehead atoms. The summed E-state index contributed by atoms with van der Waals surface area (Å²) < 4.78 is 28.1. The summed E-state index contributed by atoms with van der Waals surface area (Å²) in [6, 6.07) is 7.23. The highest BCUT2D eigenvalue weighted by atomic mass is 32.2. The van der Waals surface area contributed by atoms with Crippen molar-refractivity contribution in [1.29, 1.82) is 0 Å². The van der Waals surface area contributed by atoms with Crippen LogP contribution < -0.4 is 10.5 Å². The SMILES string of the molecule is COc1ccccc1C(N)C1CCS(=O)(=O)C1. The fourth-order valence-electron chi connectivity index (χ4n) is 2.30. The van der Waals surface area contributed by atoms with Gasteiger partial charge in [0.15, 0.2) is 9.84 Å². The normalized spacial score (nSPS) is 24.5. The summed E-state index contributed by atoms with van der Waals surface area (Å²) in [5.41, 5.74) is 7.04. The molecule has 4 nitrogen and oxygen atoms in total. The first-order valence-electron chi connectivity index (χ1n) is 5.62. The zero-order chi connectivity index (χ0) is 12.5. The second-order valence-corrected chi connectivity index (χ2v) is 6.66. The standard InChI is InChI=1S/C12H17NO3S/c1-16-11-5-3-2-4-10(11)12(13)9-6-7-17(14,15)8-9/h2-5,9,12H,6-8,13H2,1H3. The zero-order valence-corrected chi connectivity index (χ0v) is 10.6. The average molecular weight is 255 g/mol. The van der Waals surface area contributed by atoms with Crippen LogP contribution in [0.15, 0.2) is 24.3 Å². The molecule has 2 rings (SSSR count). The molecule has 1 heterocycles. The lowest BCUT2D eigenvalue weighted by atomic mass is 9.93. The zero-order valence-electron chi connectivity index (χ0n) is 9.80. The fourth-order valence-corrected chi connectivity index (χ4v) is 4.16. The number of ether oxygens (including phenoxy) is 1. The number of methoxy groups -OCH3 is 1. The largest absolute Gasteiger partial charge is 0.496 e. The Bertz CT molecular complexity index is 498. The number of para-hydroxylation sites is 1. The van der Waals surface area contributed by atoms with E-state index in [1.165, 1.54) is 0 Å². The van der Waals surface area contributed by atoms with Crippen molar-refractivity contribution in [2.75, 3.05) is 18.6 Å². The molecule has 1 saturated heterocycles. The lowest BCUT2D eigenvalue weighted by Crippen LogP contribution is -2.23. The van der Waals surface area contributed by atoms with Gasteiger partial charge >= 0.3 is 0 Å². The highest BCUT2D eigenvalue weighted by molar-refractivity contribution is 7.91. The Hall–Kier alpha value is -1.07. The van der Waals surface area contributed by atoms with Gasteiger partial charge in [0.2, 0.25) is 0 Å². The molecule has 5 heteroatoms. The Balaban J connectivity index is 2.23. The summed E-state index contributed by atoms with van der Waals surface area (Å²) in [4.78, 5) is 0. The van der Waals surface area contributed by atoms with Gasteiger partial charge in [-0.25, -0.2) is 8.42 Å². The van der Waals surface area contributed by atoms with Gasteiger partial charge in [0, 0.05) is 11.6 Å². The molecule has 0 aromatic heterocycles. The maximum absolute atomic E-state index is 11.4. The minimum atomic E-state index is -2.89. The quantitative estimate of drug-likeness (QED) is 0.879. The first-order chi connectivity index (χ1) is 8.03. The summed E-state index contributed by atoms with van der Waals surface area (Å²) in [5.74, 6) is 1.16. The van der Waals surface area contributed by atoms with Crippen LogP contribution in [0.25, 0.3) is 0 Å². The fraction of sp³-hybridized carbons (Fsp3) is 0.500. The Kier molecular flexibility index (Phi) is 3.40. The summed E-state index contributed by atoms with van der Waals surface area (Å²) in [6.45, 7) is 0. The third-order valence-corrected chi connectivity index (χ3v) is 5.07. The molecule has 94 valence electrons. The Morgan fingerprint density at radius 2 is 2.12 bits per heavy atom. The van der Waals surface area contributed by atoms with E-state index in [-0.39, 0.29) is 23.5 Å². The smallest absolute Gasteiger partial charge is 0.150 e. The molecule has 0 saturated carbocycles. The number of hydrogen-bond donors (Lipinski definition) is 1. The van der Waals surface area contributed by atoms with Gasteiger partial charge in [0.05, 0.1) is 18.6 Å². The van der Waals surface area contributed by atoms with Crippen molar-refractivity contribution in [3.63, 3.8) is 0 Å². The van der Waals surface area contributed by atoms with Crippen LogP contribution in [0.1, 0.15) is 18.0 Å². The van der Waals surface area contributed by atoms with E-state index in [4.69, 9.17) is 10.5 Å². The van der Waals surface area contributed by atoms with Crippen molar-refractivity contribution in [1.82, 2.24) is 0 Å². The van der Waals surface area contributed by atoms with Crippen LogP contribution in [0, 0.1) is 5.92 Å². The summed E-state index contributed by atoms with van der Waals surface area (Å²) >= 11 is 0. The van der Waals surface area contributed by atoms with Gasteiger partial charge in [0.1, 0.15) is 5.75 Å². The molecule has 0 radical (unpaired) electrons. The van der Waals surface area contributed by atoms with E-state index in [1.54, 1.807) is 7.11 Å². The van der Waals surface area contributed by atoms with Gasteiger partial charge in [-0.05, 0) is 18.4 Å². The van der Waals surface area contributed by atoms with Gasteiger partial charge in [-0.15, -0.1) is 0 Å². The van der Waals surface area contributed by atoms with E-state index in [0.29, 0.717) is 6.42 Å². The second kappa shape index (κ2) is 4.66. The molecular formula is C12H17NO3S. The lowest BCUT2D eigenvalue weighted by molar-refractivity contribution is 0.392. The predicted octanol–water partition coefficient (Wildman–Crippen LogP) is 1.13. The molecular weight excluding hydrogens is 238 g/mol. The molecule has 2 unspecified atom stereocenters. The van der Waals surface area contributed by atoms with E-state index in [1.807, 2.05) is 24.3 Å². The molecule has 0 aliphatic carbocycles. The van der Waals surface area contributed by atoms with E-state index in [2.05, 4.69) is 0 Å². The first-order valence-corrected chi connectivity index (χ1v) is 7.44. The Morgan fingerprint density at radius 3 is 2.71 bits per heavy atom. The second-order valence-electron chi connectivity index (χ2n) is 4.43. The van der Waals surface area contributed by atoms with Crippen molar-refractivity contribution in [3.05, 3.63) is 29.8 Å². The predicted molar refractivity (Wildman–Crippen MR) is 66.7 cm³/mol. The van der Waals surface area contributed by atoms with E-state index in [0.717, 1.165) is 11.3 Å². The average Bonchev–Trinajstić information content (AvgIpc) is 2.68. The maximum atomic E-state index is 11.4. The third kappa shape index (κ3) is 2.61. The van der Waals surface area contributed by atoms with Gasteiger partial charge < -0.3 is 10.5 Å². The maximum Gasteiger partial charge on any atom is 0.150 e. The van der Waals surface area contributed by atoms with Gasteiger partial charge in [-0.1, -0.05) is 18.2 Å². The van der Waals surface area contributed by atoms with Crippen molar-refractivity contribution < 1.29 is 13.2 Å². The summed E-state index contributed by atoms with van der Waals surface area (Å²) in [5, 5.41) is 0. The van der Waals surface area contributed by atoms with Crippen LogP contribution in [0.5, 0.6) is 5.75 Å². The van der Waals surface area contributed by atoms with Crippen molar-refractivity contribution in [3.8, 4) is 5.75 Å². The minimum absolute atomic E-state index is 0.00343. The molecule has 2 N–H and O–H groups in total. The number of sulfone groups is 1. The van der Waals surface area contributed by atoms with Gasteiger partial charge in [-0.3, -0.25) is 0 Å². The molecule has 0 spiro atoms. The highest BCUT2D eigenvalue weighted by Crippen LogP contribution is 2.33. The van der Waals surface area contributed by atoms with Gasteiger partial charge in [-0.2, -0.15) is 0 Å². The monoisotopic (exact) mass is 255 g/mol. The third-order valence-electron chi connectivity index (χ3n) is 3.27. The van der Waals surface area contributed by atoms with Gasteiger partial charge in [0.25, 0.3) is 0 Å². The number of benzene rings is 1. The topological polar surface area (TPSA) is 69.4 Å². The molecule has 17 heavy (non-hydrogen) atoms. The summed E-state index contributed by atoms with van der Waals surface area (Å²) in [7, 11) is -1.29. The van der Waals surface area contributed by atoms with Crippen LogP contribution in [-0.4, -0.2) is 27.0 Å². The van der Waals surface area contributed by atoms with Crippen LogP contribution in [-0.2, 0) is 9.84 Å². The molecule has 1 aliphatic rings. The molecule has 0 amide bonds. The van der Waals surface area contributed by atoms with Crippen molar-refractivity contribution >= 4 is 9.84 Å². The first kappa shape index (κ1) is 12.4. The van der Waals surface area contributed by atoms with Crippen LogP contribution in [0.2, 0.25) is 0 Å². The number of nitrogens with two attached hydrogens (primary N) is 1. The molecule has 1 aromatic carbocycles. The lowest BCUT2D eigenvalue weighted by Gasteiger charge is -2.20. The van der Waals surface area contributed by atoms with Crippen molar-refractivity contribution in [2.45, 2.75) is 12.5 Å². The molecule has 1 aliphatic heterocycles. The molecule has 1 aromatic rings. The number of rotatable bonds is 3. The van der Waals surface area contributed by atoms with Crippen molar-refractivity contribution in [2.24, 2.45) is 11.7 Å². The van der Waals surface area contributed by atoms with Crippen LogP contribution >= 0.6 is 0 Å². The van der Waals surface area contributed by atoms with Crippen LogP contribution in [0.3, 0.4) is 0 Å². The summed E-state index contributed by atoms with van der Waals surface area (Å²) in [6.07, 6.45) is 0.640. The molecule has 1 fully saturated rings. The molecule has 2 atom stereocenters. The van der Waals surface area contributed by atoms with E-state index in [9.17, 15) is 8.42 Å². The number of hydrogen-bond acceptors (Lipinski definition) is 4. The Morgan fingerprint density at radius 1 is 1.41 bits per heavy atom.